The Bertz CT molecular complexity index is 1090. The van der Waals surface area contributed by atoms with E-state index in [-0.39, 0.29) is 0 Å². The van der Waals surface area contributed by atoms with Gasteiger partial charge in [-0.1, -0.05) is 18.7 Å². The quantitative estimate of drug-likeness (QED) is 0.487. The topological polar surface area (TPSA) is 102 Å². The SMILES string of the molecule is C=CC=N/C(=C(\C)C#N)c1ccc(-n2nnc(-c3ccccn3)n2)cc1OC. The molecule has 0 fully saturated rings. The number of hydrogen-bond donors (Lipinski definition) is 0. The van der Waals surface area contributed by atoms with E-state index in [4.69, 9.17) is 4.74 Å². The predicted molar refractivity (Wildman–Crippen MR) is 106 cm³/mol. The van der Waals surface area contributed by atoms with Gasteiger partial charge in [-0.15, -0.1) is 15.0 Å². The molecule has 1 aromatic carbocycles. The number of aromatic nitrogens is 5. The van der Waals surface area contributed by atoms with E-state index in [2.05, 4.69) is 38.0 Å². The summed E-state index contributed by atoms with van der Waals surface area (Å²) in [6, 6.07) is 13.0. The smallest absolute Gasteiger partial charge is 0.223 e. The van der Waals surface area contributed by atoms with E-state index in [1.807, 2.05) is 18.2 Å². The van der Waals surface area contributed by atoms with Gasteiger partial charge in [-0.25, -0.2) is 0 Å². The summed E-state index contributed by atoms with van der Waals surface area (Å²) >= 11 is 0. The zero-order chi connectivity index (χ0) is 19.9. The van der Waals surface area contributed by atoms with Crippen molar-refractivity contribution in [1.82, 2.24) is 25.2 Å². The van der Waals surface area contributed by atoms with Gasteiger partial charge in [0.1, 0.15) is 11.4 Å². The van der Waals surface area contributed by atoms with Crippen molar-refractivity contribution in [2.75, 3.05) is 7.11 Å². The van der Waals surface area contributed by atoms with Crippen molar-refractivity contribution in [3.05, 3.63) is 66.4 Å². The van der Waals surface area contributed by atoms with Crippen LogP contribution in [0.5, 0.6) is 5.75 Å². The second-order valence-electron chi connectivity index (χ2n) is 5.60. The molecule has 0 amide bonds. The fourth-order valence-electron chi connectivity index (χ4n) is 2.47. The third-order valence-corrected chi connectivity index (χ3v) is 3.81. The van der Waals surface area contributed by atoms with Crippen LogP contribution in [0, 0.1) is 11.3 Å². The first-order chi connectivity index (χ1) is 13.7. The standard InChI is InChI=1S/C20H17N7O/c1-4-10-23-19(14(2)13-21)16-9-8-15(12-18(16)28-3)27-25-20(24-26-27)17-7-5-6-11-22-17/h4-12H,1H2,2-3H3/b19-14+,23-10?. The number of nitrogens with zero attached hydrogens (tertiary/aromatic N) is 7. The molecule has 8 nitrogen and oxygen atoms in total. The molecule has 3 rings (SSSR count). The molecular weight excluding hydrogens is 354 g/mol. The van der Waals surface area contributed by atoms with Gasteiger partial charge in [0.05, 0.1) is 30.1 Å². The molecule has 8 heteroatoms. The molecule has 2 heterocycles. The molecule has 0 aliphatic heterocycles. The molecule has 0 saturated heterocycles. The summed E-state index contributed by atoms with van der Waals surface area (Å²) in [6.07, 6.45) is 4.74. The second kappa shape index (κ2) is 8.51. The van der Waals surface area contributed by atoms with E-state index < -0.39 is 0 Å². The Morgan fingerprint density at radius 1 is 1.32 bits per heavy atom. The van der Waals surface area contributed by atoms with E-state index >= 15 is 0 Å². The Kier molecular flexibility index (Phi) is 5.67. The maximum atomic E-state index is 9.29. The van der Waals surface area contributed by atoms with Crippen LogP contribution in [0.15, 0.2) is 65.8 Å². The summed E-state index contributed by atoms with van der Waals surface area (Å²) in [5, 5.41) is 21.8. The van der Waals surface area contributed by atoms with Crippen LogP contribution >= 0.6 is 0 Å². The van der Waals surface area contributed by atoms with Gasteiger partial charge in [0, 0.05) is 24.0 Å². The average molecular weight is 371 g/mol. The number of nitriles is 1. The highest BCUT2D eigenvalue weighted by molar-refractivity contribution is 5.83. The number of hydrogen-bond acceptors (Lipinski definition) is 7. The summed E-state index contributed by atoms with van der Waals surface area (Å²) in [5.74, 6) is 0.945. The van der Waals surface area contributed by atoms with E-state index in [0.29, 0.717) is 39.8 Å². The molecule has 3 aromatic rings. The largest absolute Gasteiger partial charge is 0.496 e. The molecule has 0 unspecified atom stereocenters. The molecule has 138 valence electrons. The monoisotopic (exact) mass is 371 g/mol. The number of rotatable bonds is 6. The highest BCUT2D eigenvalue weighted by atomic mass is 16.5. The Labute approximate surface area is 162 Å². The highest BCUT2D eigenvalue weighted by Gasteiger charge is 2.14. The Morgan fingerprint density at radius 3 is 2.86 bits per heavy atom. The van der Waals surface area contributed by atoms with Crippen molar-refractivity contribution < 1.29 is 4.74 Å². The lowest BCUT2D eigenvalue weighted by molar-refractivity contribution is 0.413. The van der Waals surface area contributed by atoms with Crippen molar-refractivity contribution in [2.45, 2.75) is 6.92 Å². The van der Waals surface area contributed by atoms with Gasteiger partial charge in [0.15, 0.2) is 0 Å². The lowest BCUT2D eigenvalue weighted by Crippen LogP contribution is -2.01. The Hall–Kier alpha value is -4.12. The van der Waals surface area contributed by atoms with Crippen LogP contribution in [-0.4, -0.2) is 38.5 Å². The predicted octanol–water partition coefficient (Wildman–Crippen LogP) is 3.24. The molecule has 0 aliphatic carbocycles. The fourth-order valence-corrected chi connectivity index (χ4v) is 2.47. The average Bonchev–Trinajstić information content (AvgIpc) is 3.24. The van der Waals surface area contributed by atoms with E-state index in [1.54, 1.807) is 44.5 Å². The first-order valence-corrected chi connectivity index (χ1v) is 8.34. The van der Waals surface area contributed by atoms with Crippen molar-refractivity contribution >= 4 is 11.9 Å². The highest BCUT2D eigenvalue weighted by Crippen LogP contribution is 2.31. The van der Waals surface area contributed by atoms with Gasteiger partial charge in [0.2, 0.25) is 5.82 Å². The minimum absolute atomic E-state index is 0.417. The zero-order valence-electron chi connectivity index (χ0n) is 15.4. The summed E-state index contributed by atoms with van der Waals surface area (Å²) in [4.78, 5) is 9.93. The van der Waals surface area contributed by atoms with Crippen LogP contribution in [0.1, 0.15) is 12.5 Å². The van der Waals surface area contributed by atoms with Crippen LogP contribution in [0.4, 0.5) is 0 Å². The zero-order valence-corrected chi connectivity index (χ0v) is 15.4. The van der Waals surface area contributed by atoms with Crippen molar-refractivity contribution in [3.8, 4) is 29.0 Å². The molecule has 0 radical (unpaired) electrons. The third-order valence-electron chi connectivity index (χ3n) is 3.81. The van der Waals surface area contributed by atoms with E-state index in [1.165, 1.54) is 11.0 Å². The molecule has 28 heavy (non-hydrogen) atoms. The summed E-state index contributed by atoms with van der Waals surface area (Å²) in [6.45, 7) is 5.31. The molecule has 0 aliphatic rings. The first-order valence-electron chi connectivity index (χ1n) is 8.34. The number of allylic oxidation sites excluding steroid dienone is 2. The molecule has 0 spiro atoms. The minimum atomic E-state index is 0.417. The fraction of sp³-hybridized carbons (Fsp3) is 0.100. The van der Waals surface area contributed by atoms with Gasteiger partial charge in [-0.05, 0) is 36.4 Å². The van der Waals surface area contributed by atoms with E-state index in [0.717, 1.165) is 0 Å². The molecule has 0 saturated carbocycles. The van der Waals surface area contributed by atoms with Crippen LogP contribution in [-0.2, 0) is 0 Å². The minimum Gasteiger partial charge on any atom is -0.496 e. The van der Waals surface area contributed by atoms with Crippen molar-refractivity contribution in [1.29, 1.82) is 5.26 Å². The molecule has 2 aromatic heterocycles. The Morgan fingerprint density at radius 2 is 2.18 bits per heavy atom. The maximum Gasteiger partial charge on any atom is 0.223 e. The molecule has 0 bridgehead atoms. The number of aliphatic imine (C=N–C) groups is 1. The summed E-state index contributed by atoms with van der Waals surface area (Å²) in [5.41, 5.74) is 2.92. The summed E-state index contributed by atoms with van der Waals surface area (Å²) in [7, 11) is 1.55. The third kappa shape index (κ3) is 3.83. The normalized spacial score (nSPS) is 11.8. The van der Waals surface area contributed by atoms with E-state index in [9.17, 15) is 5.26 Å². The van der Waals surface area contributed by atoms with Crippen LogP contribution in [0.3, 0.4) is 0 Å². The first kappa shape index (κ1) is 18.7. The summed E-state index contributed by atoms with van der Waals surface area (Å²) < 4.78 is 5.51. The Balaban J connectivity index is 2.03. The number of tetrazole rings is 1. The van der Waals surface area contributed by atoms with Crippen LogP contribution in [0.25, 0.3) is 22.9 Å². The molecular formula is C20H17N7O. The molecule has 0 N–H and O–H groups in total. The maximum absolute atomic E-state index is 9.29. The lowest BCUT2D eigenvalue weighted by atomic mass is 10.1. The number of pyridine rings is 1. The van der Waals surface area contributed by atoms with Crippen molar-refractivity contribution in [2.24, 2.45) is 4.99 Å². The van der Waals surface area contributed by atoms with Gasteiger partial charge in [-0.2, -0.15) is 5.26 Å². The van der Waals surface area contributed by atoms with Gasteiger partial charge in [-0.3, -0.25) is 9.98 Å². The number of benzene rings is 1. The van der Waals surface area contributed by atoms with Crippen LogP contribution < -0.4 is 4.74 Å². The number of ether oxygens (including phenoxy) is 1. The molecule has 0 atom stereocenters. The van der Waals surface area contributed by atoms with Gasteiger partial charge >= 0.3 is 0 Å². The van der Waals surface area contributed by atoms with Crippen LogP contribution in [0.2, 0.25) is 0 Å². The van der Waals surface area contributed by atoms with Gasteiger partial charge in [0.25, 0.3) is 0 Å². The van der Waals surface area contributed by atoms with Gasteiger partial charge < -0.3 is 4.74 Å². The lowest BCUT2D eigenvalue weighted by Gasteiger charge is -2.11. The number of methoxy groups -OCH3 is 1. The van der Waals surface area contributed by atoms with Crippen molar-refractivity contribution in [3.63, 3.8) is 0 Å². The second-order valence-corrected chi connectivity index (χ2v) is 5.60.